The van der Waals surface area contributed by atoms with Gasteiger partial charge in [-0.15, -0.1) is 0 Å². The first-order valence-corrected chi connectivity index (χ1v) is 6.74. The smallest absolute Gasteiger partial charge is 0.269 e. The third kappa shape index (κ3) is 3.16. The molecule has 102 valence electrons. The van der Waals surface area contributed by atoms with Crippen molar-refractivity contribution in [2.24, 2.45) is 5.16 Å². The van der Waals surface area contributed by atoms with E-state index in [9.17, 15) is 4.79 Å². The van der Waals surface area contributed by atoms with Crippen LogP contribution in [-0.4, -0.2) is 42.0 Å². The average molecular weight is 287 g/mol. The van der Waals surface area contributed by atoms with Crippen molar-refractivity contribution in [2.75, 3.05) is 12.3 Å². The molecule has 0 saturated heterocycles. The maximum Gasteiger partial charge on any atom is 0.269 e. The van der Waals surface area contributed by atoms with Crippen LogP contribution in [0.3, 0.4) is 0 Å². The quantitative estimate of drug-likeness (QED) is 0.211. The van der Waals surface area contributed by atoms with Gasteiger partial charge in [0.05, 0.1) is 0 Å². The van der Waals surface area contributed by atoms with E-state index in [0.29, 0.717) is 17.8 Å². The van der Waals surface area contributed by atoms with Gasteiger partial charge >= 0.3 is 0 Å². The van der Waals surface area contributed by atoms with Crippen LogP contribution in [0.5, 0.6) is 0 Å². The van der Waals surface area contributed by atoms with Crippen LogP contribution >= 0.6 is 12.6 Å². The van der Waals surface area contributed by atoms with E-state index in [2.05, 4.69) is 28.1 Å². The normalized spacial score (nSPS) is 11.8. The molecule has 20 heavy (non-hydrogen) atoms. The van der Waals surface area contributed by atoms with Gasteiger partial charge in [-0.05, 0) is 11.6 Å². The molecule has 5 nitrogen and oxygen atoms in total. The molecule has 0 aliphatic heterocycles. The van der Waals surface area contributed by atoms with E-state index in [-0.39, 0.29) is 12.1 Å². The van der Waals surface area contributed by atoms with Crippen LogP contribution in [0.25, 0.3) is 10.9 Å². The minimum absolute atomic E-state index is 0.0510. The highest BCUT2D eigenvalue weighted by Crippen LogP contribution is 2.17. The topological polar surface area (TPSA) is 77.5 Å². The van der Waals surface area contributed by atoms with E-state index in [1.807, 2.05) is 12.1 Å². The molecule has 0 unspecified atom stereocenters. The van der Waals surface area contributed by atoms with Gasteiger partial charge in [0.2, 0.25) is 0 Å². The second kappa shape index (κ2) is 6.52. The second-order valence-corrected chi connectivity index (χ2v) is 4.77. The number of carbonyl (C=O) groups is 1. The van der Waals surface area contributed by atoms with Crippen molar-refractivity contribution in [2.45, 2.75) is 6.42 Å². The number of fused-ring (bicyclic) bond motifs is 1. The Morgan fingerprint density at radius 3 is 3.00 bits per heavy atom. The number of nitrogens with one attached hydrogen (secondary N) is 2. The van der Waals surface area contributed by atoms with E-state index in [0.717, 1.165) is 16.5 Å². The molecule has 1 amide bonds. The van der Waals surface area contributed by atoms with E-state index >= 15 is 0 Å². The van der Waals surface area contributed by atoms with Gasteiger partial charge in [0.1, 0.15) is 13.6 Å². The van der Waals surface area contributed by atoms with Gasteiger partial charge in [-0.2, -0.15) is 12.6 Å². The fourth-order valence-corrected chi connectivity index (χ4v) is 2.07. The van der Waals surface area contributed by atoms with Gasteiger partial charge in [-0.1, -0.05) is 22.8 Å². The van der Waals surface area contributed by atoms with Crippen molar-refractivity contribution < 1.29 is 10.0 Å². The predicted octanol–water partition coefficient (Wildman–Crippen LogP) is 0.380. The number of oxime groups is 1. The van der Waals surface area contributed by atoms with Gasteiger partial charge in [0, 0.05) is 35.8 Å². The van der Waals surface area contributed by atoms with Gasteiger partial charge in [0.25, 0.3) is 5.91 Å². The monoisotopic (exact) mass is 287 g/mol. The molecule has 2 radical (unpaired) electrons. The molecule has 0 aliphatic carbocycles. The summed E-state index contributed by atoms with van der Waals surface area (Å²) in [6, 6.07) is 5.48. The Morgan fingerprint density at radius 1 is 1.50 bits per heavy atom. The molecule has 0 spiro atoms. The van der Waals surface area contributed by atoms with Gasteiger partial charge in [0.15, 0.2) is 0 Å². The highest BCUT2D eigenvalue weighted by molar-refractivity contribution is 7.80. The first-order valence-electron chi connectivity index (χ1n) is 6.11. The number of rotatable bonds is 5. The summed E-state index contributed by atoms with van der Waals surface area (Å²) in [7, 11) is 5.76. The molecule has 0 fully saturated rings. The average Bonchev–Trinajstić information content (AvgIpc) is 2.84. The lowest BCUT2D eigenvalue weighted by Crippen LogP contribution is -2.33. The van der Waals surface area contributed by atoms with Crippen molar-refractivity contribution in [1.82, 2.24) is 10.3 Å². The SMILES string of the molecule is [B]c1ccc2[nH]cc(C/C(=N\O)C(=O)NCCS)c2c1. The minimum Gasteiger partial charge on any atom is -0.410 e. The number of carbonyl (C=O) groups excluding carboxylic acids is 1. The standard InChI is InChI=1S/C13H14BN3O2S/c14-9-1-2-11-10(6-9)8(7-16-11)5-12(17-19)13(18)15-3-4-20/h1-2,6-7,16,19-20H,3-5H2,(H,15,18)/b17-12+. The fraction of sp³-hybridized carbons (Fsp3) is 0.231. The lowest BCUT2D eigenvalue weighted by atomic mass is 9.93. The molecule has 3 N–H and O–H groups in total. The predicted molar refractivity (Wildman–Crippen MR) is 83.5 cm³/mol. The molecule has 1 heterocycles. The van der Waals surface area contributed by atoms with Crippen LogP contribution in [0.4, 0.5) is 0 Å². The van der Waals surface area contributed by atoms with E-state index in [1.165, 1.54) is 0 Å². The Bertz CT molecular complexity index is 654. The zero-order valence-corrected chi connectivity index (χ0v) is 11.7. The summed E-state index contributed by atoms with van der Waals surface area (Å²) in [6.45, 7) is 0.418. The summed E-state index contributed by atoms with van der Waals surface area (Å²) >= 11 is 4.01. The van der Waals surface area contributed by atoms with Crippen molar-refractivity contribution in [3.05, 3.63) is 30.0 Å². The number of benzene rings is 1. The maximum absolute atomic E-state index is 11.8. The fourth-order valence-electron chi connectivity index (χ4n) is 1.96. The van der Waals surface area contributed by atoms with Crippen LogP contribution in [0.1, 0.15) is 5.56 Å². The van der Waals surface area contributed by atoms with Crippen molar-refractivity contribution in [3.8, 4) is 0 Å². The second-order valence-electron chi connectivity index (χ2n) is 4.32. The molecule has 0 saturated carbocycles. The molecule has 2 aromatic rings. The highest BCUT2D eigenvalue weighted by Gasteiger charge is 2.14. The van der Waals surface area contributed by atoms with Crippen molar-refractivity contribution >= 4 is 48.5 Å². The van der Waals surface area contributed by atoms with Gasteiger partial charge in [-0.25, -0.2) is 0 Å². The number of aromatic amines is 1. The van der Waals surface area contributed by atoms with E-state index in [4.69, 9.17) is 13.1 Å². The van der Waals surface area contributed by atoms with Gasteiger partial charge < -0.3 is 15.5 Å². The maximum atomic E-state index is 11.8. The zero-order valence-electron chi connectivity index (χ0n) is 10.8. The summed E-state index contributed by atoms with van der Waals surface area (Å²) in [5.41, 5.74) is 2.46. The molecule has 7 heteroatoms. The summed E-state index contributed by atoms with van der Waals surface area (Å²) in [4.78, 5) is 14.9. The highest BCUT2D eigenvalue weighted by atomic mass is 32.1. The van der Waals surface area contributed by atoms with Crippen molar-refractivity contribution in [1.29, 1.82) is 0 Å². The summed E-state index contributed by atoms with van der Waals surface area (Å²) in [6.07, 6.45) is 2.00. The molecule has 0 aliphatic rings. The summed E-state index contributed by atoms with van der Waals surface area (Å²) in [5, 5.41) is 15.6. The van der Waals surface area contributed by atoms with Crippen LogP contribution in [0, 0.1) is 0 Å². The number of nitrogens with zero attached hydrogens (tertiary/aromatic N) is 1. The first-order chi connectivity index (χ1) is 9.65. The lowest BCUT2D eigenvalue weighted by Gasteiger charge is -2.05. The van der Waals surface area contributed by atoms with Crippen LogP contribution in [0.2, 0.25) is 0 Å². The number of aromatic nitrogens is 1. The number of H-pyrrole nitrogens is 1. The summed E-state index contributed by atoms with van der Waals surface area (Å²) in [5.74, 6) is 0.119. The largest absolute Gasteiger partial charge is 0.410 e. The molecule has 2 rings (SSSR count). The zero-order chi connectivity index (χ0) is 14.5. The van der Waals surface area contributed by atoms with Crippen LogP contribution in [0.15, 0.2) is 29.6 Å². The molecular formula is C13H14BN3O2S. The Balaban J connectivity index is 2.22. The third-order valence-electron chi connectivity index (χ3n) is 2.93. The first kappa shape index (κ1) is 14.5. The number of hydrogen-bond donors (Lipinski definition) is 4. The van der Waals surface area contributed by atoms with Crippen LogP contribution in [-0.2, 0) is 11.2 Å². The van der Waals surface area contributed by atoms with Crippen LogP contribution < -0.4 is 10.8 Å². The Hall–Kier alpha value is -1.89. The molecule has 1 aromatic carbocycles. The van der Waals surface area contributed by atoms with E-state index in [1.54, 1.807) is 12.3 Å². The minimum atomic E-state index is -0.403. The lowest BCUT2D eigenvalue weighted by molar-refractivity contribution is -0.114. The summed E-state index contributed by atoms with van der Waals surface area (Å²) < 4.78 is 0. The van der Waals surface area contributed by atoms with E-state index < -0.39 is 5.91 Å². The third-order valence-corrected chi connectivity index (χ3v) is 3.15. The van der Waals surface area contributed by atoms with Crippen molar-refractivity contribution in [3.63, 3.8) is 0 Å². The molecule has 1 aromatic heterocycles. The molecule has 0 bridgehead atoms. The molecule has 0 atom stereocenters. The Kier molecular flexibility index (Phi) is 4.73. The number of hydrogen-bond acceptors (Lipinski definition) is 4. The number of thiol groups is 1. The Labute approximate surface area is 123 Å². The Morgan fingerprint density at radius 2 is 2.30 bits per heavy atom. The number of amides is 1. The molecular weight excluding hydrogens is 273 g/mol. The van der Waals surface area contributed by atoms with Gasteiger partial charge in [-0.3, -0.25) is 4.79 Å².